The SMILES string of the molecule is FC(F)CN1[C]=NC[CH]1. The minimum absolute atomic E-state index is 0.288. The minimum atomic E-state index is -2.30. The fourth-order valence-corrected chi connectivity index (χ4v) is 0.576. The molecule has 1 rings (SSSR count). The van der Waals surface area contributed by atoms with Crippen LogP contribution in [0.4, 0.5) is 8.78 Å². The van der Waals surface area contributed by atoms with Crippen LogP contribution in [-0.4, -0.2) is 30.8 Å². The summed E-state index contributed by atoms with van der Waals surface area (Å²) in [6.07, 6.45) is 0.107. The maximum absolute atomic E-state index is 11.5. The third-order valence-electron chi connectivity index (χ3n) is 0.927. The Hall–Kier alpha value is -0.670. The van der Waals surface area contributed by atoms with Crippen molar-refractivity contribution in [2.24, 2.45) is 4.99 Å². The highest BCUT2D eigenvalue weighted by atomic mass is 19.3. The van der Waals surface area contributed by atoms with E-state index in [1.54, 1.807) is 6.54 Å². The Bertz CT molecular complexity index is 114. The summed E-state index contributed by atoms with van der Waals surface area (Å²) < 4.78 is 23.1. The van der Waals surface area contributed by atoms with Crippen molar-refractivity contribution in [1.82, 2.24) is 4.90 Å². The highest BCUT2D eigenvalue weighted by Gasteiger charge is 2.12. The van der Waals surface area contributed by atoms with Crippen LogP contribution in [-0.2, 0) is 0 Å². The predicted molar refractivity (Wildman–Crippen MR) is 29.3 cm³/mol. The van der Waals surface area contributed by atoms with Gasteiger partial charge in [0.25, 0.3) is 6.43 Å². The molecule has 2 nitrogen and oxygen atoms in total. The molecule has 0 amide bonds. The Kier molecular flexibility index (Phi) is 1.97. The van der Waals surface area contributed by atoms with Crippen LogP contribution in [0.5, 0.6) is 0 Å². The Morgan fingerprint density at radius 1 is 1.78 bits per heavy atom. The molecule has 0 fully saturated rings. The summed E-state index contributed by atoms with van der Waals surface area (Å²) in [6, 6.07) is 0. The first-order chi connectivity index (χ1) is 4.29. The molecule has 9 heavy (non-hydrogen) atoms. The van der Waals surface area contributed by atoms with Gasteiger partial charge in [-0.25, -0.2) is 8.78 Å². The fraction of sp³-hybridized carbons (Fsp3) is 0.600. The van der Waals surface area contributed by atoms with Crippen molar-refractivity contribution in [1.29, 1.82) is 0 Å². The molecule has 0 aromatic carbocycles. The molecular weight excluding hydrogens is 126 g/mol. The lowest BCUT2D eigenvalue weighted by molar-refractivity contribution is 0.126. The number of halogens is 2. The van der Waals surface area contributed by atoms with E-state index in [1.165, 1.54) is 4.90 Å². The van der Waals surface area contributed by atoms with Crippen molar-refractivity contribution in [3.63, 3.8) is 0 Å². The second-order valence-corrected chi connectivity index (χ2v) is 1.67. The molecule has 1 aliphatic rings. The molecule has 0 unspecified atom stereocenters. The molecule has 50 valence electrons. The van der Waals surface area contributed by atoms with Crippen molar-refractivity contribution < 1.29 is 8.78 Å². The van der Waals surface area contributed by atoms with E-state index < -0.39 is 6.43 Å². The van der Waals surface area contributed by atoms with Crippen LogP contribution < -0.4 is 0 Å². The van der Waals surface area contributed by atoms with Gasteiger partial charge in [-0.3, -0.25) is 4.99 Å². The van der Waals surface area contributed by atoms with E-state index in [0.717, 1.165) is 0 Å². The first-order valence-corrected chi connectivity index (χ1v) is 2.59. The minimum Gasteiger partial charge on any atom is -0.341 e. The zero-order valence-electron chi connectivity index (χ0n) is 4.72. The van der Waals surface area contributed by atoms with Crippen LogP contribution in [0.3, 0.4) is 0 Å². The van der Waals surface area contributed by atoms with E-state index in [1.807, 2.05) is 0 Å². The van der Waals surface area contributed by atoms with E-state index in [-0.39, 0.29) is 6.54 Å². The molecule has 1 heterocycles. The topological polar surface area (TPSA) is 15.6 Å². The number of alkyl halides is 2. The summed E-state index contributed by atoms with van der Waals surface area (Å²) in [6.45, 7) is 1.77. The van der Waals surface area contributed by atoms with Gasteiger partial charge in [-0.05, 0) is 0 Å². The maximum atomic E-state index is 11.5. The zero-order chi connectivity index (χ0) is 6.69. The van der Waals surface area contributed by atoms with E-state index in [0.29, 0.717) is 6.54 Å². The Morgan fingerprint density at radius 3 is 3.00 bits per heavy atom. The molecular formula is C5H6F2N2. The quantitative estimate of drug-likeness (QED) is 0.538. The van der Waals surface area contributed by atoms with Crippen molar-refractivity contribution in [3.8, 4) is 0 Å². The lowest BCUT2D eigenvalue weighted by Gasteiger charge is -2.09. The molecule has 0 bridgehead atoms. The second-order valence-electron chi connectivity index (χ2n) is 1.67. The van der Waals surface area contributed by atoms with Crippen LogP contribution in [0.2, 0.25) is 0 Å². The average Bonchev–Trinajstić information content (AvgIpc) is 2.15. The van der Waals surface area contributed by atoms with Gasteiger partial charge in [0.1, 0.15) is 0 Å². The van der Waals surface area contributed by atoms with Gasteiger partial charge in [-0.2, -0.15) is 0 Å². The van der Waals surface area contributed by atoms with Gasteiger partial charge in [0.15, 0.2) is 6.34 Å². The van der Waals surface area contributed by atoms with Crippen LogP contribution in [0, 0.1) is 6.54 Å². The first-order valence-electron chi connectivity index (χ1n) is 2.59. The fourth-order valence-electron chi connectivity index (χ4n) is 0.576. The molecule has 0 atom stereocenters. The molecule has 0 aromatic heterocycles. The van der Waals surface area contributed by atoms with Gasteiger partial charge < -0.3 is 4.90 Å². The Morgan fingerprint density at radius 2 is 2.56 bits per heavy atom. The third-order valence-corrected chi connectivity index (χ3v) is 0.927. The largest absolute Gasteiger partial charge is 0.341 e. The predicted octanol–water partition coefficient (Wildman–Crippen LogP) is 0.634. The van der Waals surface area contributed by atoms with Crippen molar-refractivity contribution >= 4 is 6.34 Å². The summed E-state index contributed by atoms with van der Waals surface area (Å²) in [5, 5.41) is 0. The molecule has 0 saturated heterocycles. The molecule has 2 radical (unpaired) electrons. The average molecular weight is 132 g/mol. The van der Waals surface area contributed by atoms with E-state index in [2.05, 4.69) is 11.3 Å². The number of aliphatic imine (C=N–C) groups is 1. The van der Waals surface area contributed by atoms with Crippen molar-refractivity contribution in [2.45, 2.75) is 6.43 Å². The monoisotopic (exact) mass is 132 g/mol. The zero-order valence-corrected chi connectivity index (χ0v) is 4.72. The summed E-state index contributed by atoms with van der Waals surface area (Å²) in [7, 11) is 0. The molecule has 0 spiro atoms. The van der Waals surface area contributed by atoms with Crippen LogP contribution in [0.25, 0.3) is 0 Å². The standard InChI is InChI=1S/C5H6F2N2/c6-5(7)3-9-2-1-8-4-9/h2,5H,1,3H2. The lowest BCUT2D eigenvalue weighted by Crippen LogP contribution is -2.22. The Labute approximate surface area is 52.2 Å². The Balaban J connectivity index is 2.20. The van der Waals surface area contributed by atoms with E-state index in [4.69, 9.17) is 0 Å². The molecule has 0 aliphatic carbocycles. The van der Waals surface area contributed by atoms with Gasteiger partial charge in [-0.15, -0.1) is 0 Å². The third kappa shape index (κ3) is 1.95. The van der Waals surface area contributed by atoms with Gasteiger partial charge in [-0.1, -0.05) is 0 Å². The van der Waals surface area contributed by atoms with Crippen LogP contribution in [0.15, 0.2) is 4.99 Å². The van der Waals surface area contributed by atoms with Crippen molar-refractivity contribution in [2.75, 3.05) is 13.1 Å². The summed E-state index contributed by atoms with van der Waals surface area (Å²) in [5.41, 5.74) is 0. The molecule has 0 saturated carbocycles. The van der Waals surface area contributed by atoms with E-state index >= 15 is 0 Å². The first kappa shape index (κ1) is 6.45. The molecule has 0 aromatic rings. The van der Waals surface area contributed by atoms with Crippen LogP contribution in [0.1, 0.15) is 0 Å². The van der Waals surface area contributed by atoms with Crippen molar-refractivity contribution in [3.05, 3.63) is 6.54 Å². The van der Waals surface area contributed by atoms with Crippen LogP contribution >= 0.6 is 0 Å². The molecule has 0 N–H and O–H groups in total. The maximum Gasteiger partial charge on any atom is 0.255 e. The summed E-state index contributed by atoms with van der Waals surface area (Å²) in [4.78, 5) is 4.87. The van der Waals surface area contributed by atoms with Gasteiger partial charge in [0.05, 0.1) is 19.6 Å². The van der Waals surface area contributed by atoms with Gasteiger partial charge >= 0.3 is 0 Å². The lowest BCUT2D eigenvalue weighted by atomic mass is 10.5. The second kappa shape index (κ2) is 2.75. The number of rotatable bonds is 2. The number of hydrogen-bond acceptors (Lipinski definition) is 2. The number of nitrogens with zero attached hydrogens (tertiary/aromatic N) is 2. The van der Waals surface area contributed by atoms with Gasteiger partial charge in [0.2, 0.25) is 0 Å². The molecule has 1 aliphatic heterocycles. The van der Waals surface area contributed by atoms with E-state index in [9.17, 15) is 8.78 Å². The van der Waals surface area contributed by atoms with Gasteiger partial charge in [0, 0.05) is 0 Å². The summed E-state index contributed by atoms with van der Waals surface area (Å²) >= 11 is 0. The normalized spacial score (nSPS) is 17.9. The smallest absolute Gasteiger partial charge is 0.255 e. The number of hydrogen-bond donors (Lipinski definition) is 0. The highest BCUT2D eigenvalue weighted by molar-refractivity contribution is 5.58. The highest BCUT2D eigenvalue weighted by Crippen LogP contribution is 2.02. The molecule has 4 heteroatoms. The summed E-state index contributed by atoms with van der Waals surface area (Å²) in [5.74, 6) is 0.